The van der Waals surface area contributed by atoms with Crippen LogP contribution in [0.1, 0.15) is 10.4 Å². The van der Waals surface area contributed by atoms with Crippen LogP contribution in [-0.2, 0) is 0 Å². The highest BCUT2D eigenvalue weighted by atomic mass is 19.4. The van der Waals surface area contributed by atoms with Crippen LogP contribution in [0.25, 0.3) is 11.0 Å². The number of nitro benzene ring substituents is 1. The number of amides is 1. The summed E-state index contributed by atoms with van der Waals surface area (Å²) in [7, 11) is 0. The first-order valence-electron chi connectivity index (χ1n) is 5.43. The van der Waals surface area contributed by atoms with Gasteiger partial charge in [0.1, 0.15) is 11.3 Å². The fourth-order valence-corrected chi connectivity index (χ4v) is 1.68. The van der Waals surface area contributed by atoms with Gasteiger partial charge in [0, 0.05) is 12.1 Å². The summed E-state index contributed by atoms with van der Waals surface area (Å²) in [5.74, 6) is -3.08. The maximum atomic E-state index is 12.1. The van der Waals surface area contributed by atoms with Gasteiger partial charge in [-0.25, -0.2) is 4.79 Å². The Kier molecular flexibility index (Phi) is 3.49. The number of non-ortho nitro benzene ring substituents is 1. The van der Waals surface area contributed by atoms with Crippen molar-refractivity contribution >= 4 is 22.6 Å². The predicted molar refractivity (Wildman–Crippen MR) is 64.3 cm³/mol. The molecule has 1 amide bonds. The first kappa shape index (κ1) is 15.3. The van der Waals surface area contributed by atoms with Gasteiger partial charge in [-0.1, -0.05) is 0 Å². The van der Waals surface area contributed by atoms with E-state index < -0.39 is 45.1 Å². The number of nitrogens with one attached hydrogen (secondary N) is 1. The molecular weight excluding hydrogens is 313 g/mol. The topological polar surface area (TPSA) is 123 Å². The first-order valence-corrected chi connectivity index (χ1v) is 5.43. The van der Waals surface area contributed by atoms with E-state index in [1.807, 2.05) is 0 Å². The number of hydrogen-bond acceptors (Lipinski definition) is 6. The number of hydrogen-bond donors (Lipinski definition) is 2. The van der Waals surface area contributed by atoms with Gasteiger partial charge in [0.2, 0.25) is 0 Å². The van der Waals surface area contributed by atoms with Crippen molar-refractivity contribution in [3.8, 4) is 5.75 Å². The molecule has 0 spiro atoms. The van der Waals surface area contributed by atoms with E-state index in [0.29, 0.717) is 5.32 Å². The first-order chi connectivity index (χ1) is 10.1. The molecule has 0 saturated carbocycles. The van der Waals surface area contributed by atoms with E-state index in [-0.39, 0.29) is 5.58 Å². The zero-order valence-electron chi connectivity index (χ0n) is 10.3. The molecule has 116 valence electrons. The summed E-state index contributed by atoms with van der Waals surface area (Å²) in [4.78, 5) is 32.7. The van der Waals surface area contributed by atoms with Gasteiger partial charge in [-0.15, -0.1) is 0 Å². The van der Waals surface area contributed by atoms with Crippen molar-refractivity contribution in [2.24, 2.45) is 0 Å². The molecular formula is C11H5F3N2O6. The van der Waals surface area contributed by atoms with Crippen molar-refractivity contribution in [1.29, 1.82) is 0 Å². The summed E-state index contributed by atoms with van der Waals surface area (Å²) in [6.07, 6.45) is -5.13. The molecule has 0 saturated heterocycles. The lowest BCUT2D eigenvalue weighted by Crippen LogP contribution is -2.39. The minimum Gasteiger partial charge on any atom is -0.506 e. The van der Waals surface area contributed by atoms with Gasteiger partial charge in [0.05, 0.1) is 10.3 Å². The van der Waals surface area contributed by atoms with E-state index in [0.717, 1.165) is 18.2 Å². The number of halogens is 3. The largest absolute Gasteiger partial charge is 0.506 e. The van der Waals surface area contributed by atoms with E-state index in [1.165, 1.54) is 0 Å². The van der Waals surface area contributed by atoms with E-state index >= 15 is 0 Å². The van der Waals surface area contributed by atoms with Crippen molar-refractivity contribution in [2.45, 2.75) is 6.30 Å². The van der Waals surface area contributed by atoms with Gasteiger partial charge in [0.15, 0.2) is 5.56 Å². The molecule has 0 bridgehead atoms. The number of fused-ring (bicyclic) bond motifs is 1. The Morgan fingerprint density at radius 2 is 2.00 bits per heavy atom. The van der Waals surface area contributed by atoms with Crippen LogP contribution in [0.3, 0.4) is 0 Å². The lowest BCUT2D eigenvalue weighted by atomic mass is 10.1. The minimum absolute atomic E-state index is 0.323. The normalized spacial score (nSPS) is 11.4. The number of alkyl halides is 3. The number of rotatable bonds is 2. The standard InChI is InChI=1S/C11H5F3N2O6/c12-11(13,14)15-9(18)7-8(17)5-3-4(16(20)21)1-2-6(5)22-10(7)19/h1-3,17H,(H,15,18). The second-order valence-electron chi connectivity index (χ2n) is 4.00. The molecule has 1 heterocycles. The third-order valence-electron chi connectivity index (χ3n) is 2.55. The van der Waals surface area contributed by atoms with Crippen molar-refractivity contribution in [1.82, 2.24) is 5.32 Å². The number of benzene rings is 1. The van der Waals surface area contributed by atoms with Crippen molar-refractivity contribution in [3.63, 3.8) is 0 Å². The molecule has 8 nitrogen and oxygen atoms in total. The molecule has 0 fully saturated rings. The summed E-state index contributed by atoms with van der Waals surface area (Å²) in [5.41, 5.74) is -3.65. The summed E-state index contributed by atoms with van der Waals surface area (Å²) in [6.45, 7) is 0. The van der Waals surface area contributed by atoms with E-state index in [9.17, 15) is 38.0 Å². The summed E-state index contributed by atoms with van der Waals surface area (Å²) in [5, 5.41) is 20.5. The number of carbonyl (C=O) groups is 1. The van der Waals surface area contributed by atoms with Gasteiger partial charge in [-0.05, 0) is 6.07 Å². The van der Waals surface area contributed by atoms with Crippen LogP contribution in [0.15, 0.2) is 27.4 Å². The van der Waals surface area contributed by atoms with Crippen molar-refractivity contribution < 1.29 is 32.4 Å². The fourth-order valence-electron chi connectivity index (χ4n) is 1.68. The average molecular weight is 318 g/mol. The molecule has 0 aliphatic rings. The number of nitrogens with zero attached hydrogens (tertiary/aromatic N) is 1. The Bertz CT molecular complexity index is 842. The zero-order valence-corrected chi connectivity index (χ0v) is 10.3. The molecule has 0 atom stereocenters. The van der Waals surface area contributed by atoms with E-state index in [4.69, 9.17) is 0 Å². The molecule has 0 radical (unpaired) electrons. The lowest BCUT2D eigenvalue weighted by Gasteiger charge is -2.09. The number of aromatic hydroxyl groups is 1. The maximum absolute atomic E-state index is 12.1. The van der Waals surface area contributed by atoms with Gasteiger partial charge in [-0.3, -0.25) is 20.2 Å². The van der Waals surface area contributed by atoms with Gasteiger partial charge >= 0.3 is 11.9 Å². The molecule has 2 aromatic rings. The lowest BCUT2D eigenvalue weighted by molar-refractivity contribution is -0.384. The highest BCUT2D eigenvalue weighted by Gasteiger charge is 2.33. The molecule has 0 unspecified atom stereocenters. The summed E-state index contributed by atoms with van der Waals surface area (Å²) in [6, 6.07) is 2.69. The maximum Gasteiger partial charge on any atom is 0.484 e. The third-order valence-corrected chi connectivity index (χ3v) is 2.55. The Morgan fingerprint density at radius 1 is 1.36 bits per heavy atom. The zero-order chi connectivity index (χ0) is 16.7. The van der Waals surface area contributed by atoms with Crippen LogP contribution >= 0.6 is 0 Å². The number of carbonyl (C=O) groups excluding carboxylic acids is 1. The third kappa shape index (κ3) is 2.82. The molecule has 11 heteroatoms. The fraction of sp³-hybridized carbons (Fsp3) is 0.0909. The van der Waals surface area contributed by atoms with Crippen LogP contribution in [0.5, 0.6) is 5.75 Å². The van der Waals surface area contributed by atoms with Crippen LogP contribution in [0.4, 0.5) is 18.9 Å². The Balaban J connectivity index is 2.67. The highest BCUT2D eigenvalue weighted by molar-refractivity contribution is 6.01. The SMILES string of the molecule is O=C(NC(F)(F)F)c1c(O)c2cc([N+](=O)[O-])ccc2oc1=O. The van der Waals surface area contributed by atoms with Crippen LogP contribution in [-0.4, -0.2) is 22.2 Å². The number of nitro groups is 1. The Morgan fingerprint density at radius 3 is 2.55 bits per heavy atom. The Hall–Kier alpha value is -3.11. The van der Waals surface area contributed by atoms with E-state index in [2.05, 4.69) is 4.42 Å². The molecule has 0 aliphatic heterocycles. The summed E-state index contributed by atoms with van der Waals surface area (Å²) < 4.78 is 40.9. The molecule has 0 aliphatic carbocycles. The van der Waals surface area contributed by atoms with Gasteiger partial charge in [-0.2, -0.15) is 13.2 Å². The minimum atomic E-state index is -5.13. The molecule has 1 aromatic heterocycles. The molecule has 2 rings (SSSR count). The molecule has 1 aromatic carbocycles. The summed E-state index contributed by atoms with van der Waals surface area (Å²) >= 11 is 0. The second-order valence-corrected chi connectivity index (χ2v) is 4.00. The van der Waals surface area contributed by atoms with Gasteiger partial charge in [0.25, 0.3) is 11.6 Å². The highest BCUT2D eigenvalue weighted by Crippen LogP contribution is 2.29. The Labute approximate surface area is 117 Å². The van der Waals surface area contributed by atoms with E-state index in [1.54, 1.807) is 0 Å². The van der Waals surface area contributed by atoms with Crippen molar-refractivity contribution in [3.05, 3.63) is 44.3 Å². The predicted octanol–water partition coefficient (Wildman–Crippen LogP) is 1.66. The molecule has 22 heavy (non-hydrogen) atoms. The average Bonchev–Trinajstić information content (AvgIpc) is 2.35. The van der Waals surface area contributed by atoms with Crippen molar-refractivity contribution in [2.75, 3.05) is 0 Å². The van der Waals surface area contributed by atoms with Crippen LogP contribution in [0.2, 0.25) is 0 Å². The molecule has 2 N–H and O–H groups in total. The van der Waals surface area contributed by atoms with Crippen LogP contribution in [0, 0.1) is 10.1 Å². The van der Waals surface area contributed by atoms with Gasteiger partial charge < -0.3 is 9.52 Å². The van der Waals surface area contributed by atoms with Crippen LogP contribution < -0.4 is 10.9 Å². The quantitative estimate of drug-likeness (QED) is 0.376. The monoisotopic (exact) mass is 318 g/mol. The smallest absolute Gasteiger partial charge is 0.484 e. The second kappa shape index (κ2) is 5.02.